The number of nitrogens with two attached hydrogens (primary N) is 1. The number of hydrogen-bond donors (Lipinski definition) is 3. The fourth-order valence-corrected chi connectivity index (χ4v) is 2.41. The van der Waals surface area contributed by atoms with Gasteiger partial charge in [-0.1, -0.05) is 19.4 Å². The monoisotopic (exact) mass is 270 g/mol. The van der Waals surface area contributed by atoms with Gasteiger partial charge in [-0.05, 0) is 17.9 Å². The van der Waals surface area contributed by atoms with Gasteiger partial charge in [-0.2, -0.15) is 0 Å². The van der Waals surface area contributed by atoms with Crippen LogP contribution in [-0.2, 0) is 9.59 Å². The Morgan fingerprint density at radius 3 is 2.78 bits per heavy atom. The molecule has 0 radical (unpaired) electrons. The van der Waals surface area contributed by atoms with Crippen LogP contribution < -0.4 is 11.1 Å². The maximum absolute atomic E-state index is 11.7. The molecule has 1 aromatic heterocycles. The topological polar surface area (TPSA) is 92.4 Å². The minimum Gasteiger partial charge on any atom is -0.479 e. The summed E-state index contributed by atoms with van der Waals surface area (Å²) in [5, 5.41) is 13.4. The molecular formula is C12H18N2O3S. The molecule has 18 heavy (non-hydrogen) atoms. The third-order valence-electron chi connectivity index (χ3n) is 2.49. The standard InChI is InChI=1S/C12H18N2O3S/c1-2-4-8(13)7-10(15)14-11(12(16)17)9-5-3-6-18-9/h3,5-6,8,11H,2,4,7,13H2,1H3,(H,14,15)(H,16,17). The lowest BCUT2D eigenvalue weighted by atomic mass is 10.1. The zero-order chi connectivity index (χ0) is 13.5. The van der Waals surface area contributed by atoms with Crippen LogP contribution in [0.1, 0.15) is 37.1 Å². The van der Waals surface area contributed by atoms with Crippen molar-refractivity contribution >= 4 is 23.2 Å². The summed E-state index contributed by atoms with van der Waals surface area (Å²) in [7, 11) is 0. The highest BCUT2D eigenvalue weighted by Gasteiger charge is 2.23. The number of thiophene rings is 1. The SMILES string of the molecule is CCCC(N)CC(=O)NC(C(=O)O)c1cccs1. The number of carbonyl (C=O) groups excluding carboxylic acids is 1. The van der Waals surface area contributed by atoms with Gasteiger partial charge in [-0.25, -0.2) is 4.79 Å². The Kier molecular flexibility index (Phi) is 5.80. The molecular weight excluding hydrogens is 252 g/mol. The first-order valence-corrected chi connectivity index (χ1v) is 6.73. The van der Waals surface area contributed by atoms with E-state index in [-0.39, 0.29) is 18.4 Å². The molecule has 5 nitrogen and oxygen atoms in total. The van der Waals surface area contributed by atoms with E-state index in [0.29, 0.717) is 4.88 Å². The van der Waals surface area contributed by atoms with Crippen molar-refractivity contribution in [1.82, 2.24) is 5.32 Å². The summed E-state index contributed by atoms with van der Waals surface area (Å²) in [6.45, 7) is 1.99. The number of aliphatic carboxylic acids is 1. The Bertz CT molecular complexity index is 392. The van der Waals surface area contributed by atoms with Crippen LogP contribution in [0.3, 0.4) is 0 Å². The van der Waals surface area contributed by atoms with Gasteiger partial charge in [-0.3, -0.25) is 4.79 Å². The second kappa shape index (κ2) is 7.13. The number of carboxylic acids is 1. The van der Waals surface area contributed by atoms with Gasteiger partial charge >= 0.3 is 5.97 Å². The molecule has 0 aromatic carbocycles. The normalized spacial score (nSPS) is 13.9. The lowest BCUT2D eigenvalue weighted by molar-refractivity contribution is -0.142. The van der Waals surface area contributed by atoms with Gasteiger partial charge in [-0.15, -0.1) is 11.3 Å². The highest BCUT2D eigenvalue weighted by Crippen LogP contribution is 2.19. The number of amides is 1. The largest absolute Gasteiger partial charge is 0.479 e. The molecule has 1 aromatic rings. The Balaban J connectivity index is 2.57. The van der Waals surface area contributed by atoms with Gasteiger partial charge in [0.05, 0.1) is 0 Å². The number of hydrogen-bond acceptors (Lipinski definition) is 4. The summed E-state index contributed by atoms with van der Waals surface area (Å²) >= 11 is 1.30. The first kappa shape index (κ1) is 14.7. The van der Waals surface area contributed by atoms with Crippen LogP contribution in [0, 0.1) is 0 Å². The second-order valence-electron chi connectivity index (χ2n) is 4.11. The quantitative estimate of drug-likeness (QED) is 0.700. The van der Waals surface area contributed by atoms with E-state index in [1.54, 1.807) is 17.5 Å². The zero-order valence-corrected chi connectivity index (χ0v) is 11.1. The third-order valence-corrected chi connectivity index (χ3v) is 3.42. The zero-order valence-electron chi connectivity index (χ0n) is 10.3. The highest BCUT2D eigenvalue weighted by atomic mass is 32.1. The van der Waals surface area contributed by atoms with Crippen molar-refractivity contribution in [1.29, 1.82) is 0 Å². The molecule has 0 fully saturated rings. The predicted octanol–water partition coefficient (Wildman–Crippen LogP) is 1.51. The van der Waals surface area contributed by atoms with Gasteiger partial charge in [0.25, 0.3) is 0 Å². The van der Waals surface area contributed by atoms with E-state index in [4.69, 9.17) is 10.8 Å². The molecule has 0 aliphatic rings. The third kappa shape index (κ3) is 4.46. The van der Waals surface area contributed by atoms with Crippen molar-refractivity contribution in [2.75, 3.05) is 0 Å². The van der Waals surface area contributed by atoms with E-state index in [1.807, 2.05) is 6.92 Å². The lowest BCUT2D eigenvalue weighted by Crippen LogP contribution is -2.36. The number of carboxylic acid groups (broad SMARTS) is 1. The fourth-order valence-electron chi connectivity index (χ4n) is 1.64. The van der Waals surface area contributed by atoms with Crippen molar-refractivity contribution in [3.63, 3.8) is 0 Å². The summed E-state index contributed by atoms with van der Waals surface area (Å²) in [5.41, 5.74) is 5.75. The van der Waals surface area contributed by atoms with E-state index in [1.165, 1.54) is 11.3 Å². The van der Waals surface area contributed by atoms with E-state index >= 15 is 0 Å². The van der Waals surface area contributed by atoms with Crippen molar-refractivity contribution in [2.24, 2.45) is 5.73 Å². The van der Waals surface area contributed by atoms with E-state index < -0.39 is 12.0 Å². The van der Waals surface area contributed by atoms with Gasteiger partial charge in [0.1, 0.15) is 0 Å². The molecule has 1 heterocycles. The molecule has 0 saturated heterocycles. The lowest BCUT2D eigenvalue weighted by Gasteiger charge is -2.15. The van der Waals surface area contributed by atoms with Crippen molar-refractivity contribution in [3.8, 4) is 0 Å². The van der Waals surface area contributed by atoms with Crippen molar-refractivity contribution in [3.05, 3.63) is 22.4 Å². The summed E-state index contributed by atoms with van der Waals surface area (Å²) in [6, 6.07) is 2.25. The van der Waals surface area contributed by atoms with Crippen LogP contribution >= 0.6 is 11.3 Å². The number of rotatable bonds is 7. The summed E-state index contributed by atoms with van der Waals surface area (Å²) in [5.74, 6) is -1.38. The average molecular weight is 270 g/mol. The van der Waals surface area contributed by atoms with Crippen LogP contribution in [0.15, 0.2) is 17.5 Å². The minimum absolute atomic E-state index is 0.156. The summed E-state index contributed by atoms with van der Waals surface area (Å²) in [6.07, 6.45) is 1.81. The Labute approximate surface area is 110 Å². The predicted molar refractivity (Wildman–Crippen MR) is 70.3 cm³/mol. The molecule has 4 N–H and O–H groups in total. The van der Waals surface area contributed by atoms with E-state index in [0.717, 1.165) is 12.8 Å². The van der Waals surface area contributed by atoms with Crippen LogP contribution in [0.5, 0.6) is 0 Å². The Morgan fingerprint density at radius 2 is 2.28 bits per heavy atom. The molecule has 0 saturated carbocycles. The molecule has 2 unspecified atom stereocenters. The smallest absolute Gasteiger partial charge is 0.331 e. The van der Waals surface area contributed by atoms with Gasteiger partial charge < -0.3 is 16.2 Å². The average Bonchev–Trinajstić information content (AvgIpc) is 2.78. The van der Waals surface area contributed by atoms with Crippen molar-refractivity contribution in [2.45, 2.75) is 38.3 Å². The molecule has 2 atom stereocenters. The van der Waals surface area contributed by atoms with Crippen LogP contribution in [0.2, 0.25) is 0 Å². The molecule has 0 aliphatic heterocycles. The van der Waals surface area contributed by atoms with Gasteiger partial charge in [0, 0.05) is 17.3 Å². The molecule has 1 rings (SSSR count). The van der Waals surface area contributed by atoms with Crippen LogP contribution in [0.25, 0.3) is 0 Å². The van der Waals surface area contributed by atoms with Crippen LogP contribution in [-0.4, -0.2) is 23.0 Å². The first-order chi connectivity index (χ1) is 8.54. The van der Waals surface area contributed by atoms with Crippen molar-refractivity contribution < 1.29 is 14.7 Å². The Morgan fingerprint density at radius 1 is 1.56 bits per heavy atom. The number of nitrogens with one attached hydrogen (secondary N) is 1. The fraction of sp³-hybridized carbons (Fsp3) is 0.500. The summed E-state index contributed by atoms with van der Waals surface area (Å²) in [4.78, 5) is 23.4. The Hall–Kier alpha value is -1.40. The molecule has 0 bridgehead atoms. The van der Waals surface area contributed by atoms with Gasteiger partial charge in [0.15, 0.2) is 6.04 Å². The maximum atomic E-state index is 11.7. The number of carbonyl (C=O) groups is 2. The summed E-state index contributed by atoms with van der Waals surface area (Å²) < 4.78 is 0. The van der Waals surface area contributed by atoms with Gasteiger partial charge in [0.2, 0.25) is 5.91 Å². The molecule has 1 amide bonds. The highest BCUT2D eigenvalue weighted by molar-refractivity contribution is 7.10. The molecule has 0 spiro atoms. The molecule has 100 valence electrons. The van der Waals surface area contributed by atoms with E-state index in [9.17, 15) is 9.59 Å². The molecule has 6 heteroatoms. The second-order valence-corrected chi connectivity index (χ2v) is 5.09. The van der Waals surface area contributed by atoms with E-state index in [2.05, 4.69) is 5.32 Å². The molecule has 0 aliphatic carbocycles. The first-order valence-electron chi connectivity index (χ1n) is 5.85. The van der Waals surface area contributed by atoms with Crippen LogP contribution in [0.4, 0.5) is 0 Å². The minimum atomic E-state index is -1.06. The maximum Gasteiger partial charge on any atom is 0.331 e.